The number of rotatable bonds is 5. The van der Waals surface area contributed by atoms with E-state index in [-0.39, 0.29) is 35.6 Å². The Labute approximate surface area is 172 Å². The number of imide groups is 1. The van der Waals surface area contributed by atoms with Crippen LogP contribution in [0.2, 0.25) is 0 Å². The summed E-state index contributed by atoms with van der Waals surface area (Å²) in [7, 11) is 0. The molecule has 1 heterocycles. The molecule has 4 fully saturated rings. The molecule has 1 saturated heterocycles. The van der Waals surface area contributed by atoms with Crippen molar-refractivity contribution in [3.63, 3.8) is 0 Å². The second-order valence-electron chi connectivity index (χ2n) is 9.48. The summed E-state index contributed by atoms with van der Waals surface area (Å²) in [6.45, 7) is 0. The number of hydrogen-bond donors (Lipinski definition) is 1. The molecule has 0 unspecified atom stereocenters. The molecule has 29 heavy (non-hydrogen) atoms. The Kier molecular flexibility index (Phi) is 4.92. The SMILES string of the molecule is O=C(NC1CCCCC1)[C@@H](Cc1ccccc1)N1C(=O)[C@@H]2[C@H]3CC[C@@H](C3)[C@@H]2C1=O. The van der Waals surface area contributed by atoms with Crippen molar-refractivity contribution < 1.29 is 14.4 Å². The molecule has 5 heteroatoms. The highest BCUT2D eigenvalue weighted by molar-refractivity contribution is 6.09. The van der Waals surface area contributed by atoms with Crippen LogP contribution < -0.4 is 5.32 Å². The van der Waals surface area contributed by atoms with Gasteiger partial charge in [0.05, 0.1) is 11.8 Å². The monoisotopic (exact) mass is 394 g/mol. The normalized spacial score (nSPS) is 32.5. The molecule has 4 aliphatic rings. The number of carbonyl (C=O) groups is 3. The number of carbonyl (C=O) groups excluding carboxylic acids is 3. The van der Waals surface area contributed by atoms with Crippen LogP contribution in [-0.2, 0) is 20.8 Å². The highest BCUT2D eigenvalue weighted by Gasteiger charge is 2.62. The lowest BCUT2D eigenvalue weighted by Crippen LogP contribution is -2.53. The summed E-state index contributed by atoms with van der Waals surface area (Å²) < 4.78 is 0. The zero-order valence-corrected chi connectivity index (χ0v) is 16.9. The van der Waals surface area contributed by atoms with E-state index < -0.39 is 6.04 Å². The van der Waals surface area contributed by atoms with Crippen molar-refractivity contribution in [3.05, 3.63) is 35.9 Å². The third-order valence-electron chi connectivity index (χ3n) is 7.80. The van der Waals surface area contributed by atoms with Crippen LogP contribution in [0, 0.1) is 23.7 Å². The van der Waals surface area contributed by atoms with Crippen molar-refractivity contribution >= 4 is 17.7 Å². The molecule has 0 spiro atoms. The van der Waals surface area contributed by atoms with Gasteiger partial charge >= 0.3 is 0 Å². The molecule has 0 aromatic heterocycles. The van der Waals surface area contributed by atoms with Crippen molar-refractivity contribution in [1.82, 2.24) is 10.2 Å². The van der Waals surface area contributed by atoms with Crippen molar-refractivity contribution in [2.45, 2.75) is 69.9 Å². The Morgan fingerprint density at radius 1 is 0.931 bits per heavy atom. The van der Waals surface area contributed by atoms with Gasteiger partial charge in [-0.3, -0.25) is 19.3 Å². The molecule has 1 N–H and O–H groups in total. The molecule has 3 saturated carbocycles. The van der Waals surface area contributed by atoms with Crippen LogP contribution in [0.3, 0.4) is 0 Å². The van der Waals surface area contributed by atoms with Crippen LogP contribution in [0.5, 0.6) is 0 Å². The Morgan fingerprint density at radius 2 is 1.55 bits per heavy atom. The topological polar surface area (TPSA) is 66.5 Å². The zero-order valence-electron chi connectivity index (χ0n) is 16.9. The Morgan fingerprint density at radius 3 is 2.17 bits per heavy atom. The van der Waals surface area contributed by atoms with E-state index in [9.17, 15) is 14.4 Å². The number of likely N-dealkylation sites (tertiary alicyclic amines) is 1. The summed E-state index contributed by atoms with van der Waals surface area (Å²) in [4.78, 5) is 41.4. The molecule has 154 valence electrons. The first kappa shape index (κ1) is 18.8. The van der Waals surface area contributed by atoms with Crippen LogP contribution in [-0.4, -0.2) is 34.7 Å². The smallest absolute Gasteiger partial charge is 0.243 e. The van der Waals surface area contributed by atoms with E-state index in [1.807, 2.05) is 30.3 Å². The first-order valence-corrected chi connectivity index (χ1v) is 11.3. The van der Waals surface area contributed by atoms with Crippen LogP contribution >= 0.6 is 0 Å². The van der Waals surface area contributed by atoms with E-state index in [1.165, 1.54) is 11.3 Å². The van der Waals surface area contributed by atoms with Crippen molar-refractivity contribution in [2.75, 3.05) is 0 Å². The zero-order chi connectivity index (χ0) is 20.0. The van der Waals surface area contributed by atoms with Gasteiger partial charge in [-0.15, -0.1) is 0 Å². The lowest BCUT2D eigenvalue weighted by molar-refractivity contribution is -0.149. The maximum absolute atomic E-state index is 13.3. The number of nitrogens with one attached hydrogen (secondary N) is 1. The third kappa shape index (κ3) is 3.28. The van der Waals surface area contributed by atoms with E-state index in [1.54, 1.807) is 0 Å². The van der Waals surface area contributed by atoms with E-state index in [0.29, 0.717) is 18.3 Å². The highest BCUT2D eigenvalue weighted by atomic mass is 16.2. The van der Waals surface area contributed by atoms with Gasteiger partial charge < -0.3 is 5.32 Å². The van der Waals surface area contributed by atoms with Gasteiger partial charge in [0.15, 0.2) is 0 Å². The first-order chi connectivity index (χ1) is 14.1. The Hall–Kier alpha value is -2.17. The summed E-state index contributed by atoms with van der Waals surface area (Å²) in [6.07, 6.45) is 8.96. The van der Waals surface area contributed by atoms with Crippen molar-refractivity contribution in [3.8, 4) is 0 Å². The van der Waals surface area contributed by atoms with Gasteiger partial charge in [0.25, 0.3) is 0 Å². The van der Waals surface area contributed by atoms with E-state index >= 15 is 0 Å². The minimum atomic E-state index is -0.732. The average Bonchev–Trinajstić information content (AvgIpc) is 3.42. The number of nitrogens with zero attached hydrogens (tertiary/aromatic N) is 1. The summed E-state index contributed by atoms with van der Waals surface area (Å²) >= 11 is 0. The molecule has 0 radical (unpaired) electrons. The minimum absolute atomic E-state index is 0.0908. The van der Waals surface area contributed by atoms with E-state index in [4.69, 9.17) is 0 Å². The summed E-state index contributed by atoms with van der Waals surface area (Å²) in [6, 6.07) is 9.19. The molecular weight excluding hydrogens is 364 g/mol. The van der Waals surface area contributed by atoms with E-state index in [2.05, 4.69) is 5.32 Å². The minimum Gasteiger partial charge on any atom is -0.352 e. The fraction of sp³-hybridized carbons (Fsp3) is 0.625. The predicted octanol–water partition coefficient (Wildman–Crippen LogP) is 3.08. The van der Waals surface area contributed by atoms with E-state index in [0.717, 1.165) is 50.5 Å². The molecule has 5 rings (SSSR count). The van der Waals surface area contributed by atoms with Crippen LogP contribution in [0.25, 0.3) is 0 Å². The maximum atomic E-state index is 13.3. The fourth-order valence-corrected chi connectivity index (χ4v) is 6.42. The van der Waals surface area contributed by atoms with Gasteiger partial charge in [-0.2, -0.15) is 0 Å². The molecule has 3 aliphatic carbocycles. The second-order valence-corrected chi connectivity index (χ2v) is 9.48. The molecule has 1 aliphatic heterocycles. The lowest BCUT2D eigenvalue weighted by atomic mass is 9.81. The lowest BCUT2D eigenvalue weighted by Gasteiger charge is -2.30. The summed E-state index contributed by atoms with van der Waals surface area (Å²) in [5, 5.41) is 3.18. The predicted molar refractivity (Wildman–Crippen MR) is 109 cm³/mol. The molecule has 1 aromatic carbocycles. The average molecular weight is 395 g/mol. The van der Waals surface area contributed by atoms with Crippen LogP contribution in [0.1, 0.15) is 56.9 Å². The number of hydrogen-bond acceptors (Lipinski definition) is 3. The number of fused-ring (bicyclic) bond motifs is 5. The van der Waals surface area contributed by atoms with Crippen LogP contribution in [0.15, 0.2) is 30.3 Å². The van der Waals surface area contributed by atoms with Gasteiger partial charge in [0.1, 0.15) is 6.04 Å². The van der Waals surface area contributed by atoms with Gasteiger partial charge in [-0.1, -0.05) is 49.6 Å². The maximum Gasteiger partial charge on any atom is 0.243 e. The molecule has 2 bridgehead atoms. The van der Waals surface area contributed by atoms with Gasteiger partial charge in [0, 0.05) is 12.5 Å². The van der Waals surface area contributed by atoms with Crippen LogP contribution in [0.4, 0.5) is 0 Å². The number of amides is 3. The number of benzene rings is 1. The molecule has 1 aromatic rings. The Balaban J connectivity index is 1.41. The quantitative estimate of drug-likeness (QED) is 0.781. The van der Waals surface area contributed by atoms with Crippen molar-refractivity contribution in [2.24, 2.45) is 23.7 Å². The molecule has 5 atom stereocenters. The fourth-order valence-electron chi connectivity index (χ4n) is 6.42. The highest BCUT2D eigenvalue weighted by Crippen LogP contribution is 2.56. The standard InChI is InChI=1S/C24H30N2O3/c27-22(25-18-9-5-2-6-10-18)19(13-15-7-3-1-4-8-15)26-23(28)20-16-11-12-17(14-16)21(20)24(26)29/h1,3-4,7-8,16-21H,2,5-6,9-14H2,(H,25,27)/t16-,17-,19+,20-,21+/m0/s1. The summed E-state index contributed by atoms with van der Waals surface area (Å²) in [5.41, 5.74) is 0.983. The molecular formula is C24H30N2O3. The largest absolute Gasteiger partial charge is 0.352 e. The second kappa shape index (κ2) is 7.58. The van der Waals surface area contributed by atoms with Gasteiger partial charge in [-0.05, 0) is 49.5 Å². The van der Waals surface area contributed by atoms with Crippen molar-refractivity contribution in [1.29, 1.82) is 0 Å². The summed E-state index contributed by atoms with van der Waals surface area (Å²) in [5.74, 6) is -0.0203. The Bertz CT molecular complexity index is 774. The van der Waals surface area contributed by atoms with Gasteiger partial charge in [0.2, 0.25) is 17.7 Å². The molecule has 3 amide bonds. The third-order valence-corrected chi connectivity index (χ3v) is 7.80. The van der Waals surface area contributed by atoms with Gasteiger partial charge in [-0.25, -0.2) is 0 Å². The first-order valence-electron chi connectivity index (χ1n) is 11.3. The molecule has 5 nitrogen and oxygen atoms in total.